The fourth-order valence-electron chi connectivity index (χ4n) is 5.68. The summed E-state index contributed by atoms with van der Waals surface area (Å²) in [5.74, 6) is -2.74. The monoisotopic (exact) mass is 682 g/mol. The first-order chi connectivity index (χ1) is 21.9. The van der Waals surface area contributed by atoms with E-state index in [0.29, 0.717) is 11.3 Å². The Hall–Kier alpha value is -3.50. The van der Waals surface area contributed by atoms with Crippen LogP contribution in [0.25, 0.3) is 0 Å². The van der Waals surface area contributed by atoms with E-state index in [0.717, 1.165) is 11.1 Å². The molecule has 1 unspecified atom stereocenters. The predicted molar refractivity (Wildman–Crippen MR) is 194 cm³/mol. The highest BCUT2D eigenvalue weighted by Gasteiger charge is 2.41. The topological polar surface area (TPSA) is 125 Å². The zero-order valence-corrected chi connectivity index (χ0v) is 32.0. The Labute approximate surface area is 289 Å². The number of sulfonamides is 1. The number of rotatable bonds is 13. The van der Waals surface area contributed by atoms with E-state index in [1.165, 1.54) is 4.90 Å². The Balaban J connectivity index is 2.27. The first-order valence-corrected chi connectivity index (χ1v) is 18.2. The second kappa shape index (κ2) is 15.8. The van der Waals surface area contributed by atoms with Crippen molar-refractivity contribution in [2.75, 3.05) is 14.1 Å². The number of amides is 3. The number of likely N-dealkylation sites (N-methyl/N-ethyl adjacent to an activating group) is 2. The van der Waals surface area contributed by atoms with Crippen molar-refractivity contribution in [1.29, 1.82) is 0 Å². The molecule has 0 spiro atoms. The van der Waals surface area contributed by atoms with E-state index < -0.39 is 44.8 Å². The van der Waals surface area contributed by atoms with Gasteiger partial charge in [-0.1, -0.05) is 130 Å². The normalized spacial score (nSPS) is 15.0. The summed E-state index contributed by atoms with van der Waals surface area (Å²) in [6.45, 7) is 21.2. The SMILES string of the molecule is CN[C@H](C(=O)N[C@H](C(=O)N(C)/C(=C/C(C)C(=O)NS(=O)(=O)Cc1ccc(C(C)(C)C)cc1)C(C)C)C(C)(C)C)C(C)(C)c1ccccc1. The maximum Gasteiger partial charge on any atom is 0.249 e. The second-order valence-corrected chi connectivity index (χ2v) is 17.4. The molecule has 0 fully saturated rings. The molecular formula is C38H58N4O5S. The highest BCUT2D eigenvalue weighted by Crippen LogP contribution is 2.29. The first kappa shape index (κ1) is 40.7. The number of benzene rings is 2. The summed E-state index contributed by atoms with van der Waals surface area (Å²) in [7, 11) is -0.630. The number of hydrogen-bond donors (Lipinski definition) is 3. The van der Waals surface area contributed by atoms with Gasteiger partial charge in [-0.2, -0.15) is 0 Å². The minimum atomic E-state index is -3.97. The van der Waals surface area contributed by atoms with Crippen LogP contribution in [-0.4, -0.2) is 57.2 Å². The molecule has 0 bridgehead atoms. The lowest BCUT2D eigenvalue weighted by Crippen LogP contribution is -2.60. The van der Waals surface area contributed by atoms with Crippen LogP contribution in [0.1, 0.15) is 92.9 Å². The molecule has 3 N–H and O–H groups in total. The van der Waals surface area contributed by atoms with Gasteiger partial charge in [-0.15, -0.1) is 0 Å². The average molecular weight is 683 g/mol. The molecule has 2 aromatic rings. The van der Waals surface area contributed by atoms with Gasteiger partial charge in [-0.25, -0.2) is 8.42 Å². The summed E-state index contributed by atoms with van der Waals surface area (Å²) in [6, 6.07) is 15.5. The largest absolute Gasteiger partial charge is 0.342 e. The number of nitrogens with one attached hydrogen (secondary N) is 3. The maximum atomic E-state index is 14.1. The Morgan fingerprint density at radius 1 is 0.792 bits per heavy atom. The van der Waals surface area contributed by atoms with E-state index in [9.17, 15) is 22.8 Å². The van der Waals surface area contributed by atoms with Gasteiger partial charge < -0.3 is 15.5 Å². The van der Waals surface area contributed by atoms with Gasteiger partial charge >= 0.3 is 0 Å². The number of nitrogens with zero attached hydrogens (tertiary/aromatic N) is 1. The molecule has 0 radical (unpaired) electrons. The van der Waals surface area contributed by atoms with Crippen LogP contribution in [0.4, 0.5) is 0 Å². The van der Waals surface area contributed by atoms with Gasteiger partial charge in [0.15, 0.2) is 0 Å². The van der Waals surface area contributed by atoms with Crippen LogP contribution in [0.5, 0.6) is 0 Å². The van der Waals surface area contributed by atoms with E-state index >= 15 is 0 Å². The van der Waals surface area contributed by atoms with E-state index in [1.807, 2.05) is 90.9 Å². The molecule has 10 heteroatoms. The fraction of sp³-hybridized carbons (Fsp3) is 0.553. The van der Waals surface area contributed by atoms with Crippen molar-refractivity contribution in [2.24, 2.45) is 17.3 Å². The molecule has 0 saturated carbocycles. The number of hydrogen-bond acceptors (Lipinski definition) is 6. The lowest BCUT2D eigenvalue weighted by atomic mass is 9.76. The van der Waals surface area contributed by atoms with E-state index in [-0.39, 0.29) is 28.9 Å². The van der Waals surface area contributed by atoms with Crippen molar-refractivity contribution in [1.82, 2.24) is 20.3 Å². The van der Waals surface area contributed by atoms with Crippen molar-refractivity contribution in [3.8, 4) is 0 Å². The van der Waals surface area contributed by atoms with Crippen molar-refractivity contribution in [3.63, 3.8) is 0 Å². The quantitative estimate of drug-likeness (QED) is 0.251. The van der Waals surface area contributed by atoms with Crippen LogP contribution in [-0.2, 0) is 41.0 Å². The fourth-order valence-corrected chi connectivity index (χ4v) is 6.87. The molecule has 48 heavy (non-hydrogen) atoms. The lowest BCUT2D eigenvalue weighted by Gasteiger charge is -2.39. The van der Waals surface area contributed by atoms with Crippen LogP contribution in [0.2, 0.25) is 0 Å². The van der Waals surface area contributed by atoms with Crippen molar-refractivity contribution in [3.05, 3.63) is 83.1 Å². The molecule has 0 saturated heterocycles. The molecule has 0 aromatic heterocycles. The van der Waals surface area contributed by atoms with Gasteiger partial charge in [0.1, 0.15) is 6.04 Å². The second-order valence-electron chi connectivity index (χ2n) is 15.7. The molecule has 0 aliphatic heterocycles. The standard InChI is InChI=1S/C38H58N4O5S/c1-25(2)30(23-26(3)33(43)41-48(46,47)24-27-19-21-28(22-20-27)36(4,5)6)42(13)35(45)32(37(7,8)9)40-34(44)31(39-12)38(10,11)29-17-15-14-16-18-29/h14-23,25-26,31-32,39H,24H2,1-13H3,(H,40,44)(H,41,43)/b30-23+/t26?,31-,32-/m1/s1. The molecule has 2 rings (SSSR count). The van der Waals surface area contributed by atoms with Crippen molar-refractivity contribution >= 4 is 27.7 Å². The molecule has 0 heterocycles. The zero-order valence-electron chi connectivity index (χ0n) is 31.2. The van der Waals surface area contributed by atoms with Crippen LogP contribution < -0.4 is 15.4 Å². The van der Waals surface area contributed by atoms with Crippen LogP contribution in [0.3, 0.4) is 0 Å². The summed E-state index contributed by atoms with van der Waals surface area (Å²) in [5.41, 5.74) is 1.87. The van der Waals surface area contributed by atoms with Gasteiger partial charge in [0, 0.05) is 18.2 Å². The Morgan fingerprint density at radius 3 is 1.79 bits per heavy atom. The van der Waals surface area contributed by atoms with Crippen LogP contribution in [0.15, 0.2) is 66.4 Å². The predicted octanol–water partition coefficient (Wildman–Crippen LogP) is 5.66. The van der Waals surface area contributed by atoms with Gasteiger partial charge in [0.2, 0.25) is 27.7 Å². The number of allylic oxidation sites excluding steroid dienone is 1. The highest BCUT2D eigenvalue weighted by molar-refractivity contribution is 7.89. The third kappa shape index (κ3) is 10.8. The van der Waals surface area contributed by atoms with Gasteiger partial charge in [-0.05, 0) is 47.4 Å². The van der Waals surface area contributed by atoms with E-state index in [4.69, 9.17) is 0 Å². The number of carbonyl (C=O) groups is 3. The van der Waals surface area contributed by atoms with Crippen molar-refractivity contribution < 1.29 is 22.8 Å². The molecule has 2 aromatic carbocycles. The minimum Gasteiger partial charge on any atom is -0.342 e. The molecule has 266 valence electrons. The summed E-state index contributed by atoms with van der Waals surface area (Å²) in [4.78, 5) is 42.5. The van der Waals surface area contributed by atoms with Crippen LogP contribution >= 0.6 is 0 Å². The molecule has 3 amide bonds. The van der Waals surface area contributed by atoms with Gasteiger partial charge in [0.25, 0.3) is 0 Å². The lowest BCUT2D eigenvalue weighted by molar-refractivity contribution is -0.138. The minimum absolute atomic E-state index is 0.0665. The molecular weight excluding hydrogens is 625 g/mol. The summed E-state index contributed by atoms with van der Waals surface area (Å²) in [6.07, 6.45) is 1.61. The Morgan fingerprint density at radius 2 is 1.33 bits per heavy atom. The van der Waals surface area contributed by atoms with E-state index in [1.54, 1.807) is 39.2 Å². The summed E-state index contributed by atoms with van der Waals surface area (Å²) in [5, 5.41) is 6.17. The van der Waals surface area contributed by atoms with Crippen LogP contribution in [0, 0.1) is 17.3 Å². The third-order valence-electron chi connectivity index (χ3n) is 8.77. The molecule has 9 nitrogen and oxygen atoms in total. The maximum absolute atomic E-state index is 14.1. The smallest absolute Gasteiger partial charge is 0.249 e. The summed E-state index contributed by atoms with van der Waals surface area (Å²) >= 11 is 0. The molecule has 3 atom stereocenters. The first-order valence-electron chi connectivity index (χ1n) is 16.6. The van der Waals surface area contributed by atoms with Gasteiger partial charge in [-0.3, -0.25) is 19.1 Å². The third-order valence-corrected chi connectivity index (χ3v) is 9.99. The molecule has 0 aliphatic rings. The Kier molecular flexibility index (Phi) is 13.4. The van der Waals surface area contributed by atoms with E-state index in [2.05, 4.69) is 36.1 Å². The Bertz CT molecular complexity index is 1550. The summed E-state index contributed by atoms with van der Waals surface area (Å²) < 4.78 is 28.1. The van der Waals surface area contributed by atoms with Crippen molar-refractivity contribution in [2.45, 2.75) is 105 Å². The molecule has 0 aliphatic carbocycles. The highest BCUT2D eigenvalue weighted by atomic mass is 32.2. The van der Waals surface area contributed by atoms with Gasteiger partial charge in [0.05, 0.1) is 17.7 Å². The zero-order chi connectivity index (χ0) is 36.8. The average Bonchev–Trinajstić information content (AvgIpc) is 2.97. The number of carbonyl (C=O) groups excluding carboxylic acids is 3.